The first-order chi connectivity index (χ1) is 36.5. The molecule has 0 aromatic heterocycles. The first-order valence-electron chi connectivity index (χ1n) is 31.2. The Kier molecular flexibility index (Phi) is 58.8. The molecule has 0 amide bonds. The number of allylic oxidation sites excluding steroid dienone is 16. The maximum Gasteiger partial charge on any atom is 0.306 e. The topological polar surface area (TPSA) is 78.9 Å². The van der Waals surface area contributed by atoms with Gasteiger partial charge in [-0.1, -0.05) is 266 Å². The Morgan fingerprint density at radius 1 is 0.284 bits per heavy atom. The van der Waals surface area contributed by atoms with Gasteiger partial charge in [-0.05, 0) is 109 Å². The van der Waals surface area contributed by atoms with Crippen LogP contribution in [0.3, 0.4) is 0 Å². The molecule has 0 fully saturated rings. The van der Waals surface area contributed by atoms with Crippen molar-refractivity contribution >= 4 is 17.9 Å². The lowest BCUT2D eigenvalue weighted by molar-refractivity contribution is -0.166. The van der Waals surface area contributed by atoms with Crippen LogP contribution in [0.5, 0.6) is 0 Å². The molecule has 0 aliphatic rings. The molecule has 0 heterocycles. The zero-order valence-electron chi connectivity index (χ0n) is 48.6. The second-order valence-electron chi connectivity index (χ2n) is 20.6. The van der Waals surface area contributed by atoms with Crippen molar-refractivity contribution in [2.45, 2.75) is 303 Å². The highest BCUT2D eigenvalue weighted by atomic mass is 16.6. The maximum atomic E-state index is 12.9. The molecule has 0 aromatic rings. The molecule has 1 unspecified atom stereocenters. The Balaban J connectivity index is 4.35. The van der Waals surface area contributed by atoms with Crippen molar-refractivity contribution in [3.63, 3.8) is 0 Å². The van der Waals surface area contributed by atoms with Crippen LogP contribution in [0.25, 0.3) is 0 Å². The summed E-state index contributed by atoms with van der Waals surface area (Å²) in [5.74, 6) is -0.990. The quantitative estimate of drug-likeness (QED) is 0.0261. The molecule has 0 rings (SSSR count). The number of carbonyl (C=O) groups is 3. The van der Waals surface area contributed by atoms with Crippen LogP contribution in [0, 0.1) is 0 Å². The minimum Gasteiger partial charge on any atom is -0.462 e. The third-order valence-electron chi connectivity index (χ3n) is 13.3. The average Bonchev–Trinajstić information content (AvgIpc) is 3.40. The van der Waals surface area contributed by atoms with Gasteiger partial charge in [-0.25, -0.2) is 0 Å². The first kappa shape index (κ1) is 70.3. The predicted octanol–water partition coefficient (Wildman–Crippen LogP) is 21.3. The summed E-state index contributed by atoms with van der Waals surface area (Å²) >= 11 is 0. The van der Waals surface area contributed by atoms with Crippen LogP contribution < -0.4 is 0 Å². The molecule has 0 aliphatic carbocycles. The Hall–Kier alpha value is -3.67. The molecule has 424 valence electrons. The van der Waals surface area contributed by atoms with E-state index in [0.717, 1.165) is 83.5 Å². The van der Waals surface area contributed by atoms with E-state index >= 15 is 0 Å². The Morgan fingerprint density at radius 3 is 0.919 bits per heavy atom. The van der Waals surface area contributed by atoms with Crippen molar-refractivity contribution in [2.24, 2.45) is 0 Å². The van der Waals surface area contributed by atoms with Gasteiger partial charge in [-0.3, -0.25) is 14.4 Å². The lowest BCUT2D eigenvalue weighted by Crippen LogP contribution is -2.30. The van der Waals surface area contributed by atoms with Crippen LogP contribution in [0.1, 0.15) is 297 Å². The Morgan fingerprint density at radius 2 is 0.554 bits per heavy atom. The molecule has 0 radical (unpaired) electrons. The van der Waals surface area contributed by atoms with E-state index in [1.165, 1.54) is 167 Å². The van der Waals surface area contributed by atoms with E-state index in [1.54, 1.807) is 0 Å². The molecule has 6 nitrogen and oxygen atoms in total. The van der Waals surface area contributed by atoms with Gasteiger partial charge in [0.05, 0.1) is 0 Å². The largest absolute Gasteiger partial charge is 0.462 e. The van der Waals surface area contributed by atoms with E-state index < -0.39 is 6.10 Å². The van der Waals surface area contributed by atoms with E-state index in [4.69, 9.17) is 14.2 Å². The molecule has 0 N–H and O–H groups in total. The van der Waals surface area contributed by atoms with Crippen molar-refractivity contribution in [3.05, 3.63) is 97.2 Å². The molecule has 0 aliphatic heterocycles. The van der Waals surface area contributed by atoms with Gasteiger partial charge in [0.1, 0.15) is 13.2 Å². The van der Waals surface area contributed by atoms with Crippen molar-refractivity contribution < 1.29 is 28.6 Å². The first-order valence-corrected chi connectivity index (χ1v) is 31.2. The van der Waals surface area contributed by atoms with E-state index in [-0.39, 0.29) is 37.5 Å². The van der Waals surface area contributed by atoms with Crippen LogP contribution in [0.2, 0.25) is 0 Å². The van der Waals surface area contributed by atoms with E-state index in [2.05, 4.69) is 112 Å². The summed E-state index contributed by atoms with van der Waals surface area (Å²) in [6.45, 7) is 6.45. The van der Waals surface area contributed by atoms with E-state index in [0.29, 0.717) is 19.3 Å². The lowest BCUT2D eigenvalue weighted by Gasteiger charge is -2.18. The highest BCUT2D eigenvalue weighted by molar-refractivity contribution is 5.71. The highest BCUT2D eigenvalue weighted by Gasteiger charge is 2.19. The summed E-state index contributed by atoms with van der Waals surface area (Å²) in [6, 6.07) is 0. The molecule has 0 aromatic carbocycles. The summed E-state index contributed by atoms with van der Waals surface area (Å²) in [4.78, 5) is 38.2. The molecule has 0 saturated carbocycles. The third kappa shape index (κ3) is 59.2. The Labute approximate surface area is 457 Å². The van der Waals surface area contributed by atoms with Gasteiger partial charge in [0, 0.05) is 19.3 Å². The number of hydrogen-bond acceptors (Lipinski definition) is 6. The highest BCUT2D eigenvalue weighted by Crippen LogP contribution is 2.16. The molecule has 0 bridgehead atoms. The van der Waals surface area contributed by atoms with Crippen molar-refractivity contribution in [2.75, 3.05) is 13.2 Å². The van der Waals surface area contributed by atoms with Gasteiger partial charge in [-0.2, -0.15) is 0 Å². The van der Waals surface area contributed by atoms with E-state index in [1.807, 2.05) is 6.08 Å². The molecule has 6 heteroatoms. The molecular weight excluding hydrogens is 913 g/mol. The number of esters is 3. The van der Waals surface area contributed by atoms with Gasteiger partial charge in [0.2, 0.25) is 0 Å². The summed E-state index contributed by atoms with van der Waals surface area (Å²) < 4.78 is 16.8. The van der Waals surface area contributed by atoms with Crippen LogP contribution in [-0.4, -0.2) is 37.2 Å². The van der Waals surface area contributed by atoms with Crippen molar-refractivity contribution in [3.8, 4) is 0 Å². The molecule has 0 spiro atoms. The molecule has 1 atom stereocenters. The summed E-state index contributed by atoms with van der Waals surface area (Å²) in [5, 5.41) is 0. The minimum atomic E-state index is -0.812. The van der Waals surface area contributed by atoms with Crippen LogP contribution in [0.4, 0.5) is 0 Å². The van der Waals surface area contributed by atoms with Crippen molar-refractivity contribution in [1.29, 1.82) is 0 Å². The normalized spacial score (nSPS) is 12.7. The number of unbranched alkanes of at least 4 members (excludes halogenated alkanes) is 29. The second kappa shape index (κ2) is 61.9. The summed E-state index contributed by atoms with van der Waals surface area (Å²) in [5.41, 5.74) is 0. The third-order valence-corrected chi connectivity index (χ3v) is 13.3. The minimum absolute atomic E-state index is 0.103. The summed E-state index contributed by atoms with van der Waals surface area (Å²) in [6.07, 6.45) is 82.9. The van der Waals surface area contributed by atoms with Crippen LogP contribution in [-0.2, 0) is 28.6 Å². The fourth-order valence-corrected chi connectivity index (χ4v) is 8.64. The SMILES string of the molecule is CC/C=C\C/C=C\C/C=C\C/C=C\CCC(=O)OCC(COC(=O)CCCCCCCCCCCCCCC/C=C\C/C=C\CCCCCCC)OC(=O)CCCCCCCCC/C=C\C/C=C\CCCCCC. The van der Waals surface area contributed by atoms with Gasteiger partial charge in [-0.15, -0.1) is 0 Å². The van der Waals surface area contributed by atoms with Gasteiger partial charge >= 0.3 is 17.9 Å². The van der Waals surface area contributed by atoms with Crippen LogP contribution in [0.15, 0.2) is 97.2 Å². The number of ether oxygens (including phenoxy) is 3. The average molecular weight is 1030 g/mol. The number of carbonyl (C=O) groups excluding carboxylic acids is 3. The lowest BCUT2D eigenvalue weighted by atomic mass is 10.0. The molecule has 0 saturated heterocycles. The van der Waals surface area contributed by atoms with Gasteiger partial charge < -0.3 is 14.2 Å². The van der Waals surface area contributed by atoms with Gasteiger partial charge in [0.15, 0.2) is 6.10 Å². The predicted molar refractivity (Wildman–Crippen MR) is 320 cm³/mol. The van der Waals surface area contributed by atoms with Crippen molar-refractivity contribution in [1.82, 2.24) is 0 Å². The fraction of sp³-hybridized carbons (Fsp3) is 0.721. The smallest absolute Gasteiger partial charge is 0.306 e. The zero-order chi connectivity index (χ0) is 53.6. The monoisotopic (exact) mass is 1030 g/mol. The molecular formula is C68H116O6. The maximum absolute atomic E-state index is 12.9. The number of rotatable bonds is 56. The fourth-order valence-electron chi connectivity index (χ4n) is 8.64. The second-order valence-corrected chi connectivity index (χ2v) is 20.6. The van der Waals surface area contributed by atoms with Gasteiger partial charge in [0.25, 0.3) is 0 Å². The standard InChI is InChI=1S/C68H116O6/c1-4-7-10-13-16-19-22-25-27-29-31-32-33-34-35-36-37-39-40-43-46-49-52-55-58-61-67(70)73-64-65(63-72-66(69)60-57-54-51-48-45-42-24-21-18-15-12-9-6-3)74-68(71)62-59-56-53-50-47-44-41-38-30-28-26-23-20-17-14-11-8-5-2/h9,12,18,20-23,25,28-31,42,45,51,54,65H,4-8,10-11,13-17,19,24,26-27,32-41,43-44,46-50,52-53,55-64H2,1-3H3/b12-9-,21-18-,23-20-,25-22-,30-28-,31-29-,45-42-,54-51-. The van der Waals surface area contributed by atoms with Crippen LogP contribution >= 0.6 is 0 Å². The zero-order valence-corrected chi connectivity index (χ0v) is 48.6. The van der Waals surface area contributed by atoms with E-state index in [9.17, 15) is 14.4 Å². The summed E-state index contributed by atoms with van der Waals surface area (Å²) in [7, 11) is 0. The Bertz CT molecular complexity index is 1460. The number of hydrogen-bond donors (Lipinski definition) is 0. The molecule has 74 heavy (non-hydrogen) atoms.